The molecule has 1 aromatic heterocycles. The quantitative estimate of drug-likeness (QED) is 0.362. The Bertz CT molecular complexity index is 1280. The lowest BCUT2D eigenvalue weighted by molar-refractivity contribution is 0.0995. The molecule has 4 aromatic rings. The normalized spacial score (nSPS) is 11.3. The van der Waals surface area contributed by atoms with Crippen LogP contribution in [0, 0.1) is 6.92 Å². The number of ether oxygens (including phenoxy) is 1. The standard InChI is InChI=1S/C24H20ClN3O3/c1-16-7-6-8-17(15-16)31-14-13-28-21-12-5-3-10-19(21)22(24(28)30)26-27-23(29)18-9-2-4-11-20(18)25/h2-12,15,30H,13-14H2,1H3. The minimum absolute atomic E-state index is 0.0789. The maximum absolute atomic E-state index is 12.4. The van der Waals surface area contributed by atoms with Crippen molar-refractivity contribution in [2.75, 3.05) is 6.61 Å². The Balaban J connectivity index is 1.59. The highest BCUT2D eigenvalue weighted by Gasteiger charge is 2.17. The van der Waals surface area contributed by atoms with Crippen LogP contribution in [0.4, 0.5) is 5.69 Å². The van der Waals surface area contributed by atoms with Crippen LogP contribution in [-0.2, 0) is 6.54 Å². The Hall–Kier alpha value is -3.64. The first kappa shape index (κ1) is 20.6. The summed E-state index contributed by atoms with van der Waals surface area (Å²) >= 11 is 6.06. The fourth-order valence-corrected chi connectivity index (χ4v) is 3.56. The van der Waals surface area contributed by atoms with E-state index in [0.29, 0.717) is 23.6 Å². The molecule has 1 amide bonds. The number of fused-ring (bicyclic) bond motifs is 1. The highest BCUT2D eigenvalue weighted by atomic mass is 35.5. The van der Waals surface area contributed by atoms with E-state index in [0.717, 1.165) is 16.8 Å². The molecule has 0 fully saturated rings. The van der Waals surface area contributed by atoms with Crippen LogP contribution in [0.1, 0.15) is 15.9 Å². The lowest BCUT2D eigenvalue weighted by Gasteiger charge is -2.09. The Morgan fingerprint density at radius 3 is 2.65 bits per heavy atom. The molecule has 0 atom stereocenters. The zero-order valence-corrected chi connectivity index (χ0v) is 17.6. The van der Waals surface area contributed by atoms with Gasteiger partial charge in [0.25, 0.3) is 5.91 Å². The molecule has 4 rings (SSSR count). The molecule has 0 spiro atoms. The van der Waals surface area contributed by atoms with Gasteiger partial charge in [0, 0.05) is 5.39 Å². The lowest BCUT2D eigenvalue weighted by Crippen LogP contribution is -2.07. The van der Waals surface area contributed by atoms with E-state index in [-0.39, 0.29) is 17.1 Å². The van der Waals surface area contributed by atoms with Crippen LogP contribution >= 0.6 is 11.6 Å². The molecule has 156 valence electrons. The molecule has 3 aromatic carbocycles. The van der Waals surface area contributed by atoms with Crippen molar-refractivity contribution in [2.24, 2.45) is 10.2 Å². The number of aryl methyl sites for hydroxylation is 1. The van der Waals surface area contributed by atoms with Crippen LogP contribution in [-0.4, -0.2) is 22.2 Å². The lowest BCUT2D eigenvalue weighted by atomic mass is 10.2. The van der Waals surface area contributed by atoms with Crippen molar-refractivity contribution < 1.29 is 14.6 Å². The van der Waals surface area contributed by atoms with Crippen LogP contribution in [0.15, 0.2) is 83.0 Å². The van der Waals surface area contributed by atoms with E-state index in [1.807, 2.05) is 55.5 Å². The first-order valence-corrected chi connectivity index (χ1v) is 10.1. The van der Waals surface area contributed by atoms with E-state index in [2.05, 4.69) is 10.2 Å². The number of azo groups is 1. The molecule has 0 aliphatic heterocycles. The average Bonchev–Trinajstić information content (AvgIpc) is 3.03. The molecule has 31 heavy (non-hydrogen) atoms. The van der Waals surface area contributed by atoms with Crippen molar-refractivity contribution in [1.82, 2.24) is 4.57 Å². The highest BCUT2D eigenvalue weighted by Crippen LogP contribution is 2.38. The number of aromatic hydroxyl groups is 1. The van der Waals surface area contributed by atoms with Crippen LogP contribution < -0.4 is 4.74 Å². The minimum Gasteiger partial charge on any atom is -0.493 e. The third-order valence-corrected chi connectivity index (χ3v) is 5.17. The number of hydrogen-bond acceptors (Lipinski definition) is 4. The van der Waals surface area contributed by atoms with Gasteiger partial charge in [0.1, 0.15) is 12.4 Å². The number of para-hydroxylation sites is 1. The monoisotopic (exact) mass is 433 g/mol. The first-order valence-electron chi connectivity index (χ1n) is 9.75. The molecule has 0 radical (unpaired) electrons. The van der Waals surface area contributed by atoms with Gasteiger partial charge in [-0.25, -0.2) is 0 Å². The predicted molar refractivity (Wildman–Crippen MR) is 121 cm³/mol. The maximum atomic E-state index is 12.4. The van der Waals surface area contributed by atoms with Crippen molar-refractivity contribution in [3.8, 4) is 11.6 Å². The summed E-state index contributed by atoms with van der Waals surface area (Å²) in [6.45, 7) is 2.75. The Morgan fingerprint density at radius 1 is 1.06 bits per heavy atom. The van der Waals surface area contributed by atoms with Crippen molar-refractivity contribution >= 4 is 34.1 Å². The molecule has 1 heterocycles. The second-order valence-corrected chi connectivity index (χ2v) is 7.40. The van der Waals surface area contributed by atoms with Gasteiger partial charge in [-0.05, 0) is 42.8 Å². The third kappa shape index (κ3) is 4.44. The van der Waals surface area contributed by atoms with Crippen LogP contribution in [0.25, 0.3) is 10.9 Å². The SMILES string of the molecule is Cc1cccc(OCCn2c(O)c(N=NC(=O)c3ccccc3Cl)c3ccccc32)c1. The minimum atomic E-state index is -0.579. The summed E-state index contributed by atoms with van der Waals surface area (Å²) in [5.74, 6) is 0.107. The second-order valence-electron chi connectivity index (χ2n) is 6.99. The molecule has 0 bridgehead atoms. The maximum Gasteiger partial charge on any atom is 0.296 e. The Morgan fingerprint density at radius 2 is 1.84 bits per heavy atom. The Kier molecular flexibility index (Phi) is 6.00. The third-order valence-electron chi connectivity index (χ3n) is 4.84. The van der Waals surface area contributed by atoms with Crippen molar-refractivity contribution in [2.45, 2.75) is 13.5 Å². The largest absolute Gasteiger partial charge is 0.493 e. The number of aromatic nitrogens is 1. The first-order chi connectivity index (χ1) is 15.0. The number of carbonyl (C=O) groups excluding carboxylic acids is 1. The van der Waals surface area contributed by atoms with E-state index in [1.54, 1.807) is 28.8 Å². The number of amides is 1. The van der Waals surface area contributed by atoms with E-state index < -0.39 is 5.91 Å². The van der Waals surface area contributed by atoms with E-state index in [4.69, 9.17) is 16.3 Å². The fraction of sp³-hybridized carbons (Fsp3) is 0.125. The van der Waals surface area contributed by atoms with Crippen LogP contribution in [0.5, 0.6) is 11.6 Å². The number of halogens is 1. The summed E-state index contributed by atoms with van der Waals surface area (Å²) < 4.78 is 7.51. The number of nitrogens with zero attached hydrogens (tertiary/aromatic N) is 3. The van der Waals surface area contributed by atoms with Gasteiger partial charge in [-0.1, -0.05) is 54.1 Å². The summed E-state index contributed by atoms with van der Waals surface area (Å²) in [5.41, 5.74) is 2.36. The van der Waals surface area contributed by atoms with Gasteiger partial charge in [-0.2, -0.15) is 0 Å². The number of hydrogen-bond donors (Lipinski definition) is 1. The molecule has 0 aliphatic rings. The van der Waals surface area contributed by atoms with Gasteiger partial charge in [0.15, 0.2) is 5.69 Å². The van der Waals surface area contributed by atoms with Crippen LogP contribution in [0.3, 0.4) is 0 Å². The van der Waals surface area contributed by atoms with Gasteiger partial charge in [-0.15, -0.1) is 10.2 Å². The molecule has 0 aliphatic carbocycles. The van der Waals surface area contributed by atoms with Crippen molar-refractivity contribution in [3.05, 3.63) is 88.9 Å². The Labute approximate surface area is 184 Å². The van der Waals surface area contributed by atoms with Crippen molar-refractivity contribution in [1.29, 1.82) is 0 Å². The van der Waals surface area contributed by atoms with E-state index >= 15 is 0 Å². The molecular formula is C24H20ClN3O3. The molecule has 1 N–H and O–H groups in total. The van der Waals surface area contributed by atoms with Gasteiger partial charge in [-0.3, -0.25) is 4.79 Å². The smallest absolute Gasteiger partial charge is 0.296 e. The van der Waals surface area contributed by atoms with Crippen molar-refractivity contribution in [3.63, 3.8) is 0 Å². The summed E-state index contributed by atoms with van der Waals surface area (Å²) in [4.78, 5) is 12.4. The second kappa shape index (κ2) is 9.02. The van der Waals surface area contributed by atoms with E-state index in [1.165, 1.54) is 0 Å². The summed E-state index contributed by atoms with van der Waals surface area (Å²) in [7, 11) is 0. The zero-order valence-electron chi connectivity index (χ0n) is 16.8. The number of benzene rings is 3. The zero-order chi connectivity index (χ0) is 21.8. The van der Waals surface area contributed by atoms with Gasteiger partial charge in [0.05, 0.1) is 22.6 Å². The van der Waals surface area contributed by atoms with E-state index in [9.17, 15) is 9.90 Å². The fourth-order valence-electron chi connectivity index (χ4n) is 3.34. The molecule has 0 saturated heterocycles. The number of rotatable bonds is 6. The number of carbonyl (C=O) groups is 1. The molecule has 7 heteroatoms. The van der Waals surface area contributed by atoms with Gasteiger partial charge in [0.2, 0.25) is 5.88 Å². The summed E-state index contributed by atoms with van der Waals surface area (Å²) in [6.07, 6.45) is 0. The highest BCUT2D eigenvalue weighted by molar-refractivity contribution is 6.33. The average molecular weight is 434 g/mol. The molecular weight excluding hydrogens is 414 g/mol. The molecule has 0 unspecified atom stereocenters. The van der Waals surface area contributed by atoms with Gasteiger partial charge >= 0.3 is 0 Å². The topological polar surface area (TPSA) is 76.2 Å². The summed E-state index contributed by atoms with van der Waals surface area (Å²) in [6, 6.07) is 21.8. The van der Waals surface area contributed by atoms with Crippen LogP contribution in [0.2, 0.25) is 5.02 Å². The summed E-state index contributed by atoms with van der Waals surface area (Å²) in [5, 5.41) is 19.6. The molecule has 0 saturated carbocycles. The van der Waals surface area contributed by atoms with Gasteiger partial charge < -0.3 is 14.4 Å². The predicted octanol–water partition coefficient (Wildman–Crippen LogP) is 6.31. The molecule has 6 nitrogen and oxygen atoms in total.